The minimum absolute atomic E-state index is 0.0976. The molecule has 6 aliphatic rings. The van der Waals surface area contributed by atoms with E-state index in [2.05, 4.69) is 106 Å². The minimum atomic E-state index is -1.51. The van der Waals surface area contributed by atoms with Crippen LogP contribution in [-0.2, 0) is 28.7 Å². The van der Waals surface area contributed by atoms with Crippen molar-refractivity contribution >= 4 is 56.2 Å². The van der Waals surface area contributed by atoms with Gasteiger partial charge >= 0.3 is 23.9 Å². The summed E-state index contributed by atoms with van der Waals surface area (Å²) in [5.74, 6) is -2.52. The lowest BCUT2D eigenvalue weighted by Gasteiger charge is -2.62. The molecule has 4 aliphatic carbocycles. The number of carbonyl (C=O) groups excluding carboxylic acids is 4. The van der Waals surface area contributed by atoms with E-state index in [4.69, 9.17) is 9.47 Å². The molecule has 2 saturated heterocycles. The van der Waals surface area contributed by atoms with Gasteiger partial charge in [0.1, 0.15) is 0 Å². The number of rotatable bonds is 8. The van der Waals surface area contributed by atoms with Crippen LogP contribution in [0.4, 0.5) is 0 Å². The average molecular weight is 809 g/mol. The highest BCUT2D eigenvalue weighted by atomic mass is 28.4. The molecular formula is C44H72O6Si4. The molecule has 300 valence electrons. The Balaban J connectivity index is 1.03. The van der Waals surface area contributed by atoms with Crippen molar-refractivity contribution in [2.45, 2.75) is 166 Å². The van der Waals surface area contributed by atoms with Gasteiger partial charge in [0.15, 0.2) is 0 Å². The second-order valence-corrected chi connectivity index (χ2v) is 45.2. The van der Waals surface area contributed by atoms with E-state index in [1.807, 2.05) is 0 Å². The largest absolute Gasteiger partial charge is 0.390 e. The number of hydrogen-bond acceptors (Lipinski definition) is 6. The Kier molecular flexibility index (Phi) is 10.5. The molecule has 4 bridgehead atoms. The lowest BCUT2D eigenvalue weighted by molar-refractivity contribution is -0.162. The van der Waals surface area contributed by atoms with E-state index in [0.29, 0.717) is 21.2 Å². The predicted molar refractivity (Wildman–Crippen MR) is 230 cm³/mol. The summed E-state index contributed by atoms with van der Waals surface area (Å²) in [4.78, 5) is 52.0. The fourth-order valence-corrected chi connectivity index (χ4v) is 40.7. The highest BCUT2D eigenvalue weighted by molar-refractivity contribution is 7.01. The predicted octanol–water partition coefficient (Wildman–Crippen LogP) is 11.1. The molecular weight excluding hydrogens is 737 g/mol. The van der Waals surface area contributed by atoms with E-state index in [1.165, 1.54) is 24.2 Å². The number of esters is 4. The van der Waals surface area contributed by atoms with Crippen molar-refractivity contribution in [3.8, 4) is 0 Å². The molecule has 0 aromatic carbocycles. The van der Waals surface area contributed by atoms with Crippen LogP contribution in [0.15, 0.2) is 35.5 Å². The summed E-state index contributed by atoms with van der Waals surface area (Å²) < 4.78 is 11.5. The molecule has 2 heterocycles. The Labute approximate surface area is 331 Å². The Morgan fingerprint density at radius 3 is 1.11 bits per heavy atom. The van der Waals surface area contributed by atoms with Crippen molar-refractivity contribution in [3.05, 3.63) is 35.5 Å². The zero-order chi connectivity index (χ0) is 40.2. The first-order valence-electron chi connectivity index (χ1n) is 21.3. The quantitative estimate of drug-likeness (QED) is 0.0798. The van der Waals surface area contributed by atoms with Gasteiger partial charge in [0, 0.05) is 12.2 Å². The lowest BCUT2D eigenvalue weighted by Crippen LogP contribution is -2.62. The standard InChI is InChI=1S/C44H72O6Si4/c1-15-43(25-51(7,8)41(3,4)52(9,10)26-43)35-23-29-19-31(35)21-33(29)39(47)49-37(45)17-18-38(46)50-40(48)34-22-32-20-30(34)24-36(32)44(16-2)27-53(11,12)42(5,6)54(13,14)28-44/h17-18,23-24,29-34H,15-16,19-22,25-28H2,1-14H3/b18-17-. The molecule has 0 N–H and O–H groups in total. The average Bonchev–Trinajstić information content (AvgIpc) is 3.86. The molecule has 6 rings (SSSR count). The first kappa shape index (κ1) is 42.0. The molecule has 0 aromatic heterocycles. The number of allylic oxidation sites excluding steroid dienone is 4. The van der Waals surface area contributed by atoms with Crippen LogP contribution < -0.4 is 0 Å². The van der Waals surface area contributed by atoms with Gasteiger partial charge in [-0.15, -0.1) is 0 Å². The zero-order valence-electron chi connectivity index (χ0n) is 36.3. The topological polar surface area (TPSA) is 86.7 Å². The van der Waals surface area contributed by atoms with Crippen LogP contribution in [0.2, 0.25) is 85.9 Å². The van der Waals surface area contributed by atoms with Gasteiger partial charge in [-0.1, -0.05) is 117 Å². The lowest BCUT2D eigenvalue weighted by atomic mass is 9.73. The summed E-state index contributed by atoms with van der Waals surface area (Å²) in [6.07, 6.45) is 12.3. The smallest absolute Gasteiger partial charge is 0.338 e. The minimum Gasteiger partial charge on any atom is -0.390 e. The number of fused-ring (bicyclic) bond motifs is 4. The number of hydrogen-bond donors (Lipinski definition) is 0. The molecule has 6 unspecified atom stereocenters. The van der Waals surface area contributed by atoms with Crippen LogP contribution >= 0.6 is 0 Å². The van der Waals surface area contributed by atoms with Crippen LogP contribution in [0, 0.1) is 46.3 Å². The number of carbonyl (C=O) groups is 4. The molecule has 0 spiro atoms. The van der Waals surface area contributed by atoms with E-state index >= 15 is 0 Å². The molecule has 4 fully saturated rings. The maximum atomic E-state index is 13.3. The van der Waals surface area contributed by atoms with Crippen LogP contribution in [-0.4, -0.2) is 56.2 Å². The normalized spacial score (nSPS) is 35.3. The summed E-state index contributed by atoms with van der Waals surface area (Å²) in [5.41, 5.74) is 3.67. The third kappa shape index (κ3) is 6.51. The van der Waals surface area contributed by atoms with Crippen LogP contribution in [0.25, 0.3) is 0 Å². The van der Waals surface area contributed by atoms with Gasteiger partial charge in [-0.3, -0.25) is 9.59 Å². The second kappa shape index (κ2) is 13.5. The fraction of sp³-hybridized carbons (Fsp3) is 0.773. The maximum Gasteiger partial charge on any atom is 0.338 e. The second-order valence-electron chi connectivity index (χ2n) is 22.7. The van der Waals surface area contributed by atoms with Crippen LogP contribution in [0.1, 0.15) is 80.1 Å². The van der Waals surface area contributed by atoms with Crippen molar-refractivity contribution in [1.29, 1.82) is 0 Å². The molecule has 6 atom stereocenters. The third-order valence-electron chi connectivity index (χ3n) is 18.7. The maximum absolute atomic E-state index is 13.3. The van der Waals surface area contributed by atoms with E-state index < -0.39 is 56.2 Å². The van der Waals surface area contributed by atoms with Gasteiger partial charge in [0.2, 0.25) is 0 Å². The van der Waals surface area contributed by atoms with Crippen LogP contribution in [0.3, 0.4) is 0 Å². The molecule has 6 nitrogen and oxygen atoms in total. The van der Waals surface area contributed by atoms with Crippen molar-refractivity contribution in [2.24, 2.45) is 46.3 Å². The summed E-state index contributed by atoms with van der Waals surface area (Å²) in [6, 6.07) is 5.24. The van der Waals surface area contributed by atoms with Crippen molar-refractivity contribution in [1.82, 2.24) is 0 Å². The Morgan fingerprint density at radius 2 is 0.870 bits per heavy atom. The van der Waals surface area contributed by atoms with Gasteiger partial charge in [-0.25, -0.2) is 9.59 Å². The van der Waals surface area contributed by atoms with Gasteiger partial charge in [-0.2, -0.15) is 0 Å². The summed E-state index contributed by atoms with van der Waals surface area (Å²) in [6.45, 7) is 35.7. The van der Waals surface area contributed by atoms with Gasteiger partial charge in [0.25, 0.3) is 0 Å². The first-order valence-corrected chi connectivity index (χ1v) is 34.2. The van der Waals surface area contributed by atoms with Crippen molar-refractivity contribution < 1.29 is 28.7 Å². The van der Waals surface area contributed by atoms with Crippen LogP contribution in [0.5, 0.6) is 0 Å². The van der Waals surface area contributed by atoms with Crippen molar-refractivity contribution in [2.75, 3.05) is 0 Å². The van der Waals surface area contributed by atoms with Gasteiger partial charge in [-0.05, 0) is 107 Å². The number of ether oxygens (including phenoxy) is 2. The monoisotopic (exact) mass is 808 g/mol. The van der Waals surface area contributed by atoms with Crippen molar-refractivity contribution in [3.63, 3.8) is 0 Å². The molecule has 0 aromatic rings. The molecule has 54 heavy (non-hydrogen) atoms. The molecule has 10 heteroatoms. The Bertz CT molecular complexity index is 1530. The molecule has 0 amide bonds. The zero-order valence-corrected chi connectivity index (χ0v) is 40.3. The summed E-state index contributed by atoms with van der Waals surface area (Å²) in [7, 11) is -6.06. The third-order valence-corrected chi connectivity index (χ3v) is 46.6. The van der Waals surface area contributed by atoms with E-state index in [0.717, 1.165) is 50.7 Å². The first-order chi connectivity index (χ1) is 24.7. The Morgan fingerprint density at radius 1 is 0.574 bits per heavy atom. The van der Waals surface area contributed by atoms with Gasteiger partial charge in [0.05, 0.1) is 44.1 Å². The highest BCUT2D eigenvalue weighted by Gasteiger charge is 2.64. The van der Waals surface area contributed by atoms with E-state index in [1.54, 1.807) is 11.1 Å². The van der Waals surface area contributed by atoms with Gasteiger partial charge < -0.3 is 9.47 Å². The molecule has 2 saturated carbocycles. The molecule has 0 radical (unpaired) electrons. The van der Waals surface area contributed by atoms with E-state index in [9.17, 15) is 19.2 Å². The molecule has 2 aliphatic heterocycles. The Hall–Kier alpha value is -1.63. The summed E-state index contributed by atoms with van der Waals surface area (Å²) >= 11 is 0. The van der Waals surface area contributed by atoms with E-state index in [-0.39, 0.29) is 34.5 Å². The summed E-state index contributed by atoms with van der Waals surface area (Å²) in [5, 5.41) is 0. The SMILES string of the molecule is CCC1(C2=CC3CC2CC3C(=O)OC(=O)/C=C\C(=O)OC(=O)C2CC3CC2C=C3C2(CC)C[Si](C)(C)C(C)(C)[Si](C)(C)C2)C[Si](C)(C)C(C)(C)[Si](C)(C)C1. The highest BCUT2D eigenvalue weighted by Crippen LogP contribution is 2.68. The fourth-order valence-electron chi connectivity index (χ4n) is 13.6.